The fourth-order valence-electron chi connectivity index (χ4n) is 2.22. The highest BCUT2D eigenvalue weighted by Gasteiger charge is 2.09. The molecule has 0 bridgehead atoms. The minimum atomic E-state index is 0.554. The van der Waals surface area contributed by atoms with Crippen LogP contribution in [-0.4, -0.2) is 9.55 Å². The van der Waals surface area contributed by atoms with Gasteiger partial charge in [0.1, 0.15) is 5.82 Å². The molecule has 2 N–H and O–H groups in total. The standard InChI is InChI=1S/C15H14ClN3/c1-19-14-7-6-12(16)8-13(14)18-15(19)11-4-2-10(9-17)3-5-11/h2-8H,9,17H2,1H3. The van der Waals surface area contributed by atoms with E-state index in [4.69, 9.17) is 17.3 Å². The molecule has 1 heterocycles. The van der Waals surface area contributed by atoms with Crippen LogP contribution in [-0.2, 0) is 13.6 Å². The number of halogens is 1. The Morgan fingerprint density at radius 1 is 1.16 bits per heavy atom. The Bertz CT molecular complexity index is 729. The van der Waals surface area contributed by atoms with Crippen molar-refractivity contribution in [3.8, 4) is 11.4 Å². The number of rotatable bonds is 2. The molecule has 4 heteroatoms. The van der Waals surface area contributed by atoms with Gasteiger partial charge in [0, 0.05) is 24.2 Å². The van der Waals surface area contributed by atoms with Crippen LogP contribution in [0.1, 0.15) is 5.56 Å². The number of imidazole rings is 1. The lowest BCUT2D eigenvalue weighted by Crippen LogP contribution is -1.96. The van der Waals surface area contributed by atoms with Crippen LogP contribution in [0.4, 0.5) is 0 Å². The molecule has 0 saturated carbocycles. The van der Waals surface area contributed by atoms with Gasteiger partial charge in [-0.2, -0.15) is 0 Å². The number of fused-ring (bicyclic) bond motifs is 1. The summed E-state index contributed by atoms with van der Waals surface area (Å²) in [5.74, 6) is 0.931. The zero-order chi connectivity index (χ0) is 13.4. The van der Waals surface area contributed by atoms with Crippen LogP contribution in [0.15, 0.2) is 42.5 Å². The summed E-state index contributed by atoms with van der Waals surface area (Å²) in [6.45, 7) is 0.554. The Hall–Kier alpha value is -1.84. The highest BCUT2D eigenvalue weighted by Crippen LogP contribution is 2.25. The molecule has 96 valence electrons. The second kappa shape index (κ2) is 4.68. The number of nitrogens with zero attached hydrogens (tertiary/aromatic N) is 2. The first-order chi connectivity index (χ1) is 9.19. The number of aromatic nitrogens is 2. The SMILES string of the molecule is Cn1c(-c2ccc(CN)cc2)nc2cc(Cl)ccc21. The predicted molar refractivity (Wildman–Crippen MR) is 79.1 cm³/mol. The van der Waals surface area contributed by atoms with Crippen molar-refractivity contribution >= 4 is 22.6 Å². The number of hydrogen-bond donors (Lipinski definition) is 1. The van der Waals surface area contributed by atoms with Crippen LogP contribution in [0.5, 0.6) is 0 Å². The van der Waals surface area contributed by atoms with E-state index < -0.39 is 0 Å². The Morgan fingerprint density at radius 3 is 2.58 bits per heavy atom. The maximum Gasteiger partial charge on any atom is 0.140 e. The number of benzene rings is 2. The molecule has 2 aromatic carbocycles. The van der Waals surface area contributed by atoms with Crippen molar-refractivity contribution in [3.05, 3.63) is 53.1 Å². The van der Waals surface area contributed by atoms with E-state index in [0.717, 1.165) is 28.0 Å². The normalized spacial score (nSPS) is 11.1. The largest absolute Gasteiger partial charge is 0.327 e. The van der Waals surface area contributed by atoms with Crippen molar-refractivity contribution in [1.29, 1.82) is 0 Å². The van der Waals surface area contributed by atoms with Crippen LogP contribution < -0.4 is 5.73 Å². The average molecular weight is 272 g/mol. The molecule has 0 saturated heterocycles. The summed E-state index contributed by atoms with van der Waals surface area (Å²) in [7, 11) is 2.01. The van der Waals surface area contributed by atoms with Crippen LogP contribution in [0.25, 0.3) is 22.4 Å². The van der Waals surface area contributed by atoms with Crippen molar-refractivity contribution in [3.63, 3.8) is 0 Å². The molecule has 0 unspecified atom stereocenters. The molecular weight excluding hydrogens is 258 g/mol. The van der Waals surface area contributed by atoms with Gasteiger partial charge in [0.25, 0.3) is 0 Å². The molecule has 0 amide bonds. The first-order valence-corrected chi connectivity index (χ1v) is 6.48. The van der Waals surface area contributed by atoms with Crippen molar-refractivity contribution < 1.29 is 0 Å². The third kappa shape index (κ3) is 2.11. The number of nitrogens with two attached hydrogens (primary N) is 1. The van der Waals surface area contributed by atoms with Crippen LogP contribution >= 0.6 is 11.6 Å². The van der Waals surface area contributed by atoms with E-state index in [2.05, 4.69) is 9.55 Å². The molecule has 3 aromatic rings. The van der Waals surface area contributed by atoms with Crippen molar-refractivity contribution in [2.45, 2.75) is 6.54 Å². The minimum absolute atomic E-state index is 0.554. The quantitative estimate of drug-likeness (QED) is 0.777. The molecule has 0 radical (unpaired) electrons. The lowest BCUT2D eigenvalue weighted by molar-refractivity contribution is 0.958. The van der Waals surface area contributed by atoms with Gasteiger partial charge in [-0.25, -0.2) is 4.98 Å². The summed E-state index contributed by atoms with van der Waals surface area (Å²) >= 11 is 6.00. The highest BCUT2D eigenvalue weighted by molar-refractivity contribution is 6.31. The molecule has 19 heavy (non-hydrogen) atoms. The summed E-state index contributed by atoms with van der Waals surface area (Å²) < 4.78 is 2.07. The second-order valence-electron chi connectivity index (χ2n) is 4.53. The Morgan fingerprint density at radius 2 is 1.89 bits per heavy atom. The third-order valence-corrected chi connectivity index (χ3v) is 3.53. The van der Waals surface area contributed by atoms with Gasteiger partial charge < -0.3 is 10.3 Å². The van der Waals surface area contributed by atoms with Crippen molar-refractivity contribution in [2.75, 3.05) is 0 Å². The second-order valence-corrected chi connectivity index (χ2v) is 4.96. The summed E-state index contributed by atoms with van der Waals surface area (Å²) in [4.78, 5) is 4.65. The van der Waals surface area contributed by atoms with Gasteiger partial charge in [-0.3, -0.25) is 0 Å². The van der Waals surface area contributed by atoms with Crippen LogP contribution in [0.3, 0.4) is 0 Å². The molecule has 3 rings (SSSR count). The lowest BCUT2D eigenvalue weighted by atomic mass is 10.1. The number of aryl methyl sites for hydroxylation is 1. The van der Waals surface area contributed by atoms with Crippen LogP contribution in [0, 0.1) is 0 Å². The first kappa shape index (κ1) is 12.2. The van der Waals surface area contributed by atoms with Gasteiger partial charge in [0.15, 0.2) is 0 Å². The van der Waals surface area contributed by atoms with Gasteiger partial charge in [-0.05, 0) is 23.8 Å². The van der Waals surface area contributed by atoms with Crippen LogP contribution in [0.2, 0.25) is 5.02 Å². The fraction of sp³-hybridized carbons (Fsp3) is 0.133. The van der Waals surface area contributed by atoms with Gasteiger partial charge in [0.05, 0.1) is 11.0 Å². The molecule has 1 aromatic heterocycles. The highest BCUT2D eigenvalue weighted by atomic mass is 35.5. The van der Waals surface area contributed by atoms with Crippen molar-refractivity contribution in [1.82, 2.24) is 9.55 Å². The van der Waals surface area contributed by atoms with Gasteiger partial charge in [-0.1, -0.05) is 35.9 Å². The molecule has 0 aliphatic heterocycles. The maximum absolute atomic E-state index is 6.00. The van der Waals surface area contributed by atoms with Crippen molar-refractivity contribution in [2.24, 2.45) is 12.8 Å². The summed E-state index contributed by atoms with van der Waals surface area (Å²) in [6.07, 6.45) is 0. The first-order valence-electron chi connectivity index (χ1n) is 6.10. The molecule has 0 atom stereocenters. The van der Waals surface area contributed by atoms with E-state index in [1.54, 1.807) is 0 Å². The molecule has 0 spiro atoms. The molecule has 0 fully saturated rings. The Balaban J connectivity index is 2.15. The van der Waals surface area contributed by atoms with E-state index in [9.17, 15) is 0 Å². The zero-order valence-electron chi connectivity index (χ0n) is 10.6. The van der Waals surface area contributed by atoms with Gasteiger partial charge in [-0.15, -0.1) is 0 Å². The van der Waals surface area contributed by atoms with E-state index in [1.807, 2.05) is 49.5 Å². The monoisotopic (exact) mass is 271 g/mol. The zero-order valence-corrected chi connectivity index (χ0v) is 11.4. The average Bonchev–Trinajstić information content (AvgIpc) is 2.75. The van der Waals surface area contributed by atoms with Gasteiger partial charge in [0.2, 0.25) is 0 Å². The molecule has 0 aliphatic carbocycles. The Kier molecular flexibility index (Phi) is 3.01. The fourth-order valence-corrected chi connectivity index (χ4v) is 2.39. The van der Waals surface area contributed by atoms with Gasteiger partial charge >= 0.3 is 0 Å². The molecular formula is C15H14ClN3. The van der Waals surface area contributed by atoms with E-state index in [1.165, 1.54) is 0 Å². The van der Waals surface area contributed by atoms with E-state index >= 15 is 0 Å². The smallest absolute Gasteiger partial charge is 0.140 e. The maximum atomic E-state index is 6.00. The van der Waals surface area contributed by atoms with E-state index in [0.29, 0.717) is 11.6 Å². The summed E-state index contributed by atoms with van der Waals surface area (Å²) in [6, 6.07) is 13.9. The number of hydrogen-bond acceptors (Lipinski definition) is 2. The third-order valence-electron chi connectivity index (χ3n) is 3.29. The topological polar surface area (TPSA) is 43.8 Å². The predicted octanol–water partition coefficient (Wildman–Crippen LogP) is 3.35. The minimum Gasteiger partial charge on any atom is -0.327 e. The van der Waals surface area contributed by atoms with E-state index in [-0.39, 0.29) is 0 Å². The summed E-state index contributed by atoms with van der Waals surface area (Å²) in [5.41, 5.74) is 9.78. The lowest BCUT2D eigenvalue weighted by Gasteiger charge is -2.03. The molecule has 0 aliphatic rings. The molecule has 3 nitrogen and oxygen atoms in total. The Labute approximate surface area is 116 Å². The summed E-state index contributed by atoms with van der Waals surface area (Å²) in [5, 5.41) is 0.704.